The zero-order valence-corrected chi connectivity index (χ0v) is 13.2. The van der Waals surface area contributed by atoms with Crippen molar-refractivity contribution in [1.82, 2.24) is 9.62 Å². The van der Waals surface area contributed by atoms with Crippen LogP contribution in [0.25, 0.3) is 0 Å². The molecule has 19 heavy (non-hydrogen) atoms. The second-order valence-corrected chi connectivity index (χ2v) is 7.92. The van der Waals surface area contributed by atoms with Gasteiger partial charge in [0.25, 0.3) is 0 Å². The summed E-state index contributed by atoms with van der Waals surface area (Å²) >= 11 is 0. The quantitative estimate of drug-likeness (QED) is 0.681. The maximum absolute atomic E-state index is 11.6. The van der Waals surface area contributed by atoms with Gasteiger partial charge < -0.3 is 10.4 Å². The summed E-state index contributed by atoms with van der Waals surface area (Å²) in [5.74, 6) is 0.264. The van der Waals surface area contributed by atoms with E-state index in [0.29, 0.717) is 25.9 Å². The minimum Gasteiger partial charge on any atom is -0.390 e. The van der Waals surface area contributed by atoms with Gasteiger partial charge in [-0.05, 0) is 51.6 Å². The van der Waals surface area contributed by atoms with Crippen LogP contribution < -0.4 is 5.32 Å². The fraction of sp³-hybridized carbons (Fsp3) is 1.00. The van der Waals surface area contributed by atoms with E-state index in [9.17, 15) is 13.5 Å². The molecule has 6 heteroatoms. The van der Waals surface area contributed by atoms with Crippen LogP contribution in [0.5, 0.6) is 0 Å². The molecule has 2 N–H and O–H groups in total. The predicted molar refractivity (Wildman–Crippen MR) is 77.5 cm³/mol. The lowest BCUT2D eigenvalue weighted by atomic mass is 9.85. The Kier molecular flexibility index (Phi) is 6.23. The van der Waals surface area contributed by atoms with Crippen LogP contribution in [0.15, 0.2) is 0 Å². The number of piperidine rings is 1. The first-order valence-corrected chi connectivity index (χ1v) is 8.97. The summed E-state index contributed by atoms with van der Waals surface area (Å²) in [7, 11) is -3.10. The maximum atomic E-state index is 11.6. The molecule has 1 heterocycles. The van der Waals surface area contributed by atoms with Crippen LogP contribution in [0.4, 0.5) is 0 Å². The fourth-order valence-electron chi connectivity index (χ4n) is 2.75. The highest BCUT2D eigenvalue weighted by atomic mass is 32.2. The second-order valence-electron chi connectivity index (χ2n) is 5.93. The molecule has 0 bridgehead atoms. The van der Waals surface area contributed by atoms with Crippen LogP contribution in [-0.2, 0) is 10.0 Å². The van der Waals surface area contributed by atoms with Crippen molar-refractivity contribution in [3.63, 3.8) is 0 Å². The third-order valence-electron chi connectivity index (χ3n) is 3.77. The molecular formula is C13H28N2O3S. The van der Waals surface area contributed by atoms with Gasteiger partial charge in [-0.3, -0.25) is 0 Å². The Hall–Kier alpha value is -0.170. The molecule has 0 saturated carbocycles. The van der Waals surface area contributed by atoms with E-state index in [1.807, 2.05) is 13.8 Å². The Morgan fingerprint density at radius 3 is 2.74 bits per heavy atom. The third-order valence-corrected chi connectivity index (χ3v) is 5.04. The van der Waals surface area contributed by atoms with Crippen LogP contribution in [0, 0.1) is 5.92 Å². The lowest BCUT2D eigenvalue weighted by Crippen LogP contribution is -2.42. The fourth-order valence-corrected chi connectivity index (χ4v) is 3.70. The van der Waals surface area contributed by atoms with Gasteiger partial charge in [0.2, 0.25) is 10.0 Å². The molecule has 0 aromatic heterocycles. The Bertz CT molecular complexity index is 368. The molecular weight excluding hydrogens is 264 g/mol. The minimum absolute atomic E-state index is 0.264. The summed E-state index contributed by atoms with van der Waals surface area (Å²) < 4.78 is 24.7. The van der Waals surface area contributed by atoms with E-state index in [4.69, 9.17) is 0 Å². The van der Waals surface area contributed by atoms with Gasteiger partial charge in [-0.15, -0.1) is 0 Å². The number of aliphatic hydroxyl groups is 1. The van der Waals surface area contributed by atoms with E-state index in [1.54, 1.807) is 4.31 Å². The molecule has 0 radical (unpaired) electrons. The van der Waals surface area contributed by atoms with Crippen molar-refractivity contribution in [3.05, 3.63) is 0 Å². The zero-order chi connectivity index (χ0) is 14.5. The molecule has 1 rings (SSSR count). The highest BCUT2D eigenvalue weighted by Crippen LogP contribution is 2.28. The summed E-state index contributed by atoms with van der Waals surface area (Å²) in [4.78, 5) is 0. The molecule has 0 aromatic rings. The highest BCUT2D eigenvalue weighted by Gasteiger charge is 2.31. The SMILES string of the molecule is CCNCCC(C)(O)CC1CCCN(S(C)(=O)=O)C1. The van der Waals surface area contributed by atoms with Gasteiger partial charge in [0, 0.05) is 13.1 Å². The molecule has 1 fully saturated rings. The van der Waals surface area contributed by atoms with E-state index in [0.717, 1.165) is 25.9 Å². The summed E-state index contributed by atoms with van der Waals surface area (Å²) in [5.41, 5.74) is -0.715. The van der Waals surface area contributed by atoms with Gasteiger partial charge in [0.15, 0.2) is 0 Å². The number of nitrogens with one attached hydrogen (secondary N) is 1. The Labute approximate surface area is 117 Å². The van der Waals surface area contributed by atoms with Gasteiger partial charge in [-0.25, -0.2) is 12.7 Å². The largest absolute Gasteiger partial charge is 0.390 e. The first-order chi connectivity index (χ1) is 8.74. The molecule has 0 spiro atoms. The van der Waals surface area contributed by atoms with E-state index in [-0.39, 0.29) is 5.92 Å². The summed E-state index contributed by atoms with van der Waals surface area (Å²) in [6, 6.07) is 0. The maximum Gasteiger partial charge on any atom is 0.211 e. The van der Waals surface area contributed by atoms with Crippen LogP contribution in [0.1, 0.15) is 39.5 Å². The number of rotatable bonds is 7. The number of hydrogen-bond donors (Lipinski definition) is 2. The zero-order valence-electron chi connectivity index (χ0n) is 12.4. The summed E-state index contributed by atoms with van der Waals surface area (Å²) in [6.45, 7) is 6.77. The molecule has 114 valence electrons. The van der Waals surface area contributed by atoms with E-state index >= 15 is 0 Å². The van der Waals surface area contributed by atoms with E-state index in [2.05, 4.69) is 5.32 Å². The molecule has 1 saturated heterocycles. The van der Waals surface area contributed by atoms with Gasteiger partial charge in [-0.1, -0.05) is 6.92 Å². The molecule has 0 aliphatic carbocycles. The number of hydrogen-bond acceptors (Lipinski definition) is 4. The van der Waals surface area contributed by atoms with Crippen LogP contribution in [-0.4, -0.2) is 55.9 Å². The van der Waals surface area contributed by atoms with Crippen LogP contribution >= 0.6 is 0 Å². The van der Waals surface area contributed by atoms with Gasteiger partial charge in [0.1, 0.15) is 0 Å². The van der Waals surface area contributed by atoms with Crippen molar-refractivity contribution in [2.45, 2.75) is 45.1 Å². The number of sulfonamides is 1. The molecule has 5 nitrogen and oxygen atoms in total. The van der Waals surface area contributed by atoms with Crippen molar-refractivity contribution in [1.29, 1.82) is 0 Å². The normalized spacial score (nSPS) is 25.2. The van der Waals surface area contributed by atoms with Crippen LogP contribution in [0.2, 0.25) is 0 Å². The van der Waals surface area contributed by atoms with Crippen molar-refractivity contribution in [2.24, 2.45) is 5.92 Å². The summed E-state index contributed by atoms with van der Waals surface area (Å²) in [5, 5.41) is 13.6. The average molecular weight is 292 g/mol. The van der Waals surface area contributed by atoms with Crippen molar-refractivity contribution < 1.29 is 13.5 Å². The standard InChI is InChI=1S/C13H28N2O3S/c1-4-14-8-7-13(2,16)10-12-6-5-9-15(11-12)19(3,17)18/h12,14,16H,4-11H2,1-3H3. The first kappa shape index (κ1) is 16.9. The minimum atomic E-state index is -3.10. The smallest absolute Gasteiger partial charge is 0.211 e. The number of nitrogens with zero attached hydrogens (tertiary/aromatic N) is 1. The molecule has 2 atom stereocenters. The van der Waals surface area contributed by atoms with E-state index in [1.165, 1.54) is 6.26 Å². The van der Waals surface area contributed by atoms with E-state index < -0.39 is 15.6 Å². The predicted octanol–water partition coefficient (Wildman–Crippen LogP) is 0.799. The van der Waals surface area contributed by atoms with Crippen LogP contribution in [0.3, 0.4) is 0 Å². The molecule has 1 aliphatic rings. The second kappa shape index (κ2) is 7.02. The third kappa shape index (κ3) is 6.21. The molecule has 1 aliphatic heterocycles. The molecule has 2 unspecified atom stereocenters. The topological polar surface area (TPSA) is 69.6 Å². The Morgan fingerprint density at radius 2 is 2.16 bits per heavy atom. The Balaban J connectivity index is 2.47. The lowest BCUT2D eigenvalue weighted by molar-refractivity contribution is 0.0177. The lowest BCUT2D eigenvalue weighted by Gasteiger charge is -2.35. The highest BCUT2D eigenvalue weighted by molar-refractivity contribution is 7.88. The van der Waals surface area contributed by atoms with Gasteiger partial charge >= 0.3 is 0 Å². The van der Waals surface area contributed by atoms with Crippen molar-refractivity contribution in [2.75, 3.05) is 32.4 Å². The molecule has 0 aromatic carbocycles. The molecule has 0 amide bonds. The van der Waals surface area contributed by atoms with Gasteiger partial charge in [0.05, 0.1) is 11.9 Å². The Morgan fingerprint density at radius 1 is 1.47 bits per heavy atom. The van der Waals surface area contributed by atoms with Crippen molar-refractivity contribution in [3.8, 4) is 0 Å². The average Bonchev–Trinajstić information content (AvgIpc) is 2.27. The van der Waals surface area contributed by atoms with Gasteiger partial charge in [-0.2, -0.15) is 0 Å². The monoisotopic (exact) mass is 292 g/mol. The first-order valence-electron chi connectivity index (χ1n) is 7.13. The van der Waals surface area contributed by atoms with Crippen molar-refractivity contribution >= 4 is 10.0 Å². The summed E-state index contributed by atoms with van der Waals surface area (Å²) in [6.07, 6.45) is 4.53.